The van der Waals surface area contributed by atoms with Crippen LogP contribution >= 0.6 is 7.26 Å². The van der Waals surface area contributed by atoms with Crippen LogP contribution in [0.15, 0.2) is 115 Å². The molecule has 0 saturated heterocycles. The van der Waals surface area contributed by atoms with Crippen LogP contribution in [-0.2, 0) is 14.9 Å². The Morgan fingerprint density at radius 1 is 0.711 bits per heavy atom. The molecule has 0 aliphatic rings. The standard InChI is InChI=1S/C35H38NO3P.CH4O3S/c37-33-24-22-29(28-34(33)38)23-25-35(39)36-26-14-3-1-2-4-15-27-40(30-16-8-5-9-17-30,31-18-10-6-11-19-31)32-20-12-7-13-21-32;1-5(2,3)4/h5-13,16-25,28H,1-4,14-15,26-27H2,(H2-,36,37,38,39);1H3,(H,2,3,4). The summed E-state index contributed by atoms with van der Waals surface area (Å²) >= 11 is 0. The van der Waals surface area contributed by atoms with Crippen LogP contribution in [-0.4, -0.2) is 48.1 Å². The van der Waals surface area contributed by atoms with E-state index in [9.17, 15) is 15.0 Å². The number of benzene rings is 4. The lowest BCUT2D eigenvalue weighted by molar-refractivity contribution is -0.116. The first-order valence-corrected chi connectivity index (χ1v) is 18.8. The minimum Gasteiger partial charge on any atom is -0.748 e. The number of hydrogen-bond donors (Lipinski definition) is 3. The van der Waals surface area contributed by atoms with E-state index in [0.717, 1.165) is 25.4 Å². The molecular formula is C36H42NO6PS. The predicted octanol–water partition coefficient (Wildman–Crippen LogP) is 5.72. The van der Waals surface area contributed by atoms with Crippen LogP contribution in [0.5, 0.6) is 11.5 Å². The number of amides is 1. The van der Waals surface area contributed by atoms with Gasteiger partial charge in [-0.1, -0.05) is 79.9 Å². The average molecular weight is 648 g/mol. The molecule has 0 fully saturated rings. The number of rotatable bonds is 14. The third kappa shape index (κ3) is 12.1. The van der Waals surface area contributed by atoms with Crippen molar-refractivity contribution >= 4 is 45.3 Å². The van der Waals surface area contributed by atoms with Gasteiger partial charge >= 0.3 is 0 Å². The molecule has 0 heterocycles. The molecular weight excluding hydrogens is 605 g/mol. The first-order chi connectivity index (χ1) is 21.6. The summed E-state index contributed by atoms with van der Waals surface area (Å²) in [5.41, 5.74) is 0.656. The van der Waals surface area contributed by atoms with Gasteiger partial charge < -0.3 is 20.1 Å². The summed E-state index contributed by atoms with van der Waals surface area (Å²) in [6.45, 7) is 0.647. The van der Waals surface area contributed by atoms with Crippen LogP contribution in [0.25, 0.3) is 6.08 Å². The molecule has 1 amide bonds. The highest BCUT2D eigenvalue weighted by Crippen LogP contribution is 2.56. The van der Waals surface area contributed by atoms with Gasteiger partial charge in [-0.05, 0) is 79.4 Å². The number of phenolic OH excluding ortho intramolecular Hbond substituents is 2. The van der Waals surface area contributed by atoms with Gasteiger partial charge in [0, 0.05) is 18.9 Å². The van der Waals surface area contributed by atoms with E-state index in [1.165, 1.54) is 53.4 Å². The molecule has 0 aromatic heterocycles. The predicted molar refractivity (Wildman–Crippen MR) is 185 cm³/mol. The van der Waals surface area contributed by atoms with E-state index in [0.29, 0.717) is 18.4 Å². The summed E-state index contributed by atoms with van der Waals surface area (Å²) in [5, 5.41) is 26.2. The van der Waals surface area contributed by atoms with Gasteiger partial charge in [-0.25, -0.2) is 8.42 Å². The molecule has 0 spiro atoms. The number of aromatic hydroxyl groups is 2. The van der Waals surface area contributed by atoms with E-state index in [1.54, 1.807) is 12.1 Å². The van der Waals surface area contributed by atoms with Crippen molar-refractivity contribution in [2.45, 2.75) is 38.5 Å². The van der Waals surface area contributed by atoms with Crippen molar-refractivity contribution in [3.63, 3.8) is 0 Å². The second-order valence-electron chi connectivity index (χ2n) is 10.7. The number of unbranched alkanes of at least 4 members (excludes halogenated alkanes) is 5. The van der Waals surface area contributed by atoms with Crippen molar-refractivity contribution in [3.8, 4) is 11.5 Å². The van der Waals surface area contributed by atoms with Gasteiger partial charge in [0.1, 0.15) is 23.2 Å². The van der Waals surface area contributed by atoms with Crippen LogP contribution in [0.2, 0.25) is 0 Å². The zero-order chi connectivity index (χ0) is 32.5. The summed E-state index contributed by atoms with van der Waals surface area (Å²) in [6, 6.07) is 37.7. The fourth-order valence-corrected chi connectivity index (χ4v) is 9.56. The first-order valence-electron chi connectivity index (χ1n) is 15.0. The Balaban J connectivity index is 0.00000102. The zero-order valence-electron chi connectivity index (χ0n) is 25.6. The zero-order valence-corrected chi connectivity index (χ0v) is 27.3. The lowest BCUT2D eigenvalue weighted by Gasteiger charge is -2.27. The van der Waals surface area contributed by atoms with Gasteiger partial charge in [-0.3, -0.25) is 4.79 Å². The van der Waals surface area contributed by atoms with Crippen molar-refractivity contribution in [2.75, 3.05) is 19.0 Å². The van der Waals surface area contributed by atoms with Crippen LogP contribution in [0.3, 0.4) is 0 Å². The Morgan fingerprint density at radius 2 is 1.16 bits per heavy atom. The Morgan fingerprint density at radius 3 is 1.62 bits per heavy atom. The molecule has 0 bridgehead atoms. The molecule has 7 nitrogen and oxygen atoms in total. The lowest BCUT2D eigenvalue weighted by Crippen LogP contribution is -2.33. The molecule has 0 radical (unpaired) electrons. The summed E-state index contributed by atoms with van der Waals surface area (Å²) in [4.78, 5) is 12.1. The van der Waals surface area contributed by atoms with Gasteiger partial charge in [0.05, 0.1) is 16.3 Å². The van der Waals surface area contributed by atoms with Gasteiger partial charge in [0.25, 0.3) is 0 Å². The summed E-state index contributed by atoms with van der Waals surface area (Å²) in [6.07, 6.45) is 11.6. The minimum atomic E-state index is -3.92. The molecule has 0 aliphatic carbocycles. The van der Waals surface area contributed by atoms with E-state index in [-0.39, 0.29) is 17.4 Å². The Hall–Kier alpha value is -3.97. The van der Waals surface area contributed by atoms with Gasteiger partial charge in [-0.2, -0.15) is 0 Å². The van der Waals surface area contributed by atoms with Crippen LogP contribution < -0.4 is 21.2 Å². The van der Waals surface area contributed by atoms with Gasteiger partial charge in [-0.15, -0.1) is 0 Å². The molecule has 238 valence electrons. The molecule has 0 saturated carbocycles. The fraction of sp³-hybridized carbons (Fsp3) is 0.250. The first kappa shape index (κ1) is 35.5. The maximum absolute atomic E-state index is 12.1. The molecule has 3 N–H and O–H groups in total. The minimum absolute atomic E-state index is 0.157. The van der Waals surface area contributed by atoms with Crippen LogP contribution in [0.4, 0.5) is 0 Å². The van der Waals surface area contributed by atoms with E-state index in [4.69, 9.17) is 13.0 Å². The van der Waals surface area contributed by atoms with Crippen molar-refractivity contribution in [1.29, 1.82) is 0 Å². The molecule has 9 heteroatoms. The molecule has 4 rings (SSSR count). The third-order valence-corrected chi connectivity index (χ3v) is 11.8. The van der Waals surface area contributed by atoms with Gasteiger partial charge in [0.2, 0.25) is 5.91 Å². The second kappa shape index (κ2) is 18.1. The normalized spacial score (nSPS) is 11.5. The lowest BCUT2D eigenvalue weighted by atomic mass is 10.1. The van der Waals surface area contributed by atoms with Crippen LogP contribution in [0, 0.1) is 0 Å². The Bertz CT molecular complexity index is 1490. The second-order valence-corrected chi connectivity index (χ2v) is 15.8. The number of nitrogens with one attached hydrogen (secondary N) is 1. The van der Waals surface area contributed by atoms with Crippen molar-refractivity contribution < 1.29 is 28.0 Å². The largest absolute Gasteiger partial charge is 0.748 e. The highest BCUT2D eigenvalue weighted by atomic mass is 32.2. The monoisotopic (exact) mass is 647 g/mol. The Labute approximate surface area is 267 Å². The average Bonchev–Trinajstić information content (AvgIpc) is 3.03. The van der Waals surface area contributed by atoms with Crippen molar-refractivity contribution in [1.82, 2.24) is 5.32 Å². The van der Waals surface area contributed by atoms with Crippen LogP contribution in [0.1, 0.15) is 44.1 Å². The highest BCUT2D eigenvalue weighted by Gasteiger charge is 2.44. The molecule has 4 aromatic carbocycles. The topological polar surface area (TPSA) is 127 Å². The fourth-order valence-electron chi connectivity index (χ4n) is 5.15. The SMILES string of the molecule is CS(=O)(=O)[O-].O=C(C=Cc1ccc(O)c(O)c1)NCCCCCCCC[P+](c1ccccc1)(c1ccccc1)c1ccccc1. The molecule has 0 unspecified atom stereocenters. The number of phenols is 2. The molecule has 4 aromatic rings. The smallest absolute Gasteiger partial charge is 0.243 e. The summed E-state index contributed by atoms with van der Waals surface area (Å²) in [5.74, 6) is -0.530. The van der Waals surface area contributed by atoms with Crippen molar-refractivity contribution in [3.05, 3.63) is 121 Å². The molecule has 0 atom stereocenters. The number of hydrogen-bond acceptors (Lipinski definition) is 6. The summed E-state index contributed by atoms with van der Waals surface area (Å²) < 4.78 is 27.2. The highest BCUT2D eigenvalue weighted by molar-refractivity contribution is 7.95. The third-order valence-electron chi connectivity index (χ3n) is 7.24. The molecule has 45 heavy (non-hydrogen) atoms. The number of carbonyl (C=O) groups is 1. The summed E-state index contributed by atoms with van der Waals surface area (Å²) in [7, 11) is -5.66. The maximum Gasteiger partial charge on any atom is 0.243 e. The van der Waals surface area contributed by atoms with E-state index in [2.05, 4.69) is 96.3 Å². The Kier molecular flexibility index (Phi) is 14.3. The van der Waals surface area contributed by atoms with E-state index >= 15 is 0 Å². The van der Waals surface area contributed by atoms with E-state index < -0.39 is 17.4 Å². The number of carbonyl (C=O) groups excluding carboxylic acids is 1. The quantitative estimate of drug-likeness (QED) is 0.0528. The van der Waals surface area contributed by atoms with E-state index in [1.807, 2.05) is 0 Å². The van der Waals surface area contributed by atoms with Gasteiger partial charge in [0.15, 0.2) is 11.5 Å². The molecule has 0 aliphatic heterocycles. The van der Waals surface area contributed by atoms with Crippen molar-refractivity contribution in [2.24, 2.45) is 0 Å². The maximum atomic E-state index is 12.1.